The zero-order chi connectivity index (χ0) is 24.7. The summed E-state index contributed by atoms with van der Waals surface area (Å²) in [6.45, 7) is 0.807. The summed E-state index contributed by atoms with van der Waals surface area (Å²) in [5.74, 6) is 0.316. The number of nitrogens with two attached hydrogens (primary N) is 2. The van der Waals surface area contributed by atoms with Crippen LogP contribution in [0.5, 0.6) is 0 Å². The van der Waals surface area contributed by atoms with Crippen LogP contribution in [0.15, 0.2) is 23.8 Å². The molecular weight excluding hydrogens is 475 g/mol. The minimum absolute atomic E-state index is 0.0291. The van der Waals surface area contributed by atoms with Crippen LogP contribution in [-0.4, -0.2) is 80.1 Å². The molecule has 8 N–H and O–H groups in total. The maximum Gasteiger partial charge on any atom is 0.350 e. The number of anilines is 2. The van der Waals surface area contributed by atoms with Gasteiger partial charge in [-0.2, -0.15) is 4.98 Å². The molecule has 0 aliphatic carbocycles. The number of ether oxygens (including phenoxy) is 2. The summed E-state index contributed by atoms with van der Waals surface area (Å²) in [5, 5.41) is 8.56. The molecule has 17 nitrogen and oxygen atoms in total. The number of imidazole rings is 2. The zero-order valence-electron chi connectivity index (χ0n) is 17.7. The van der Waals surface area contributed by atoms with E-state index in [2.05, 4.69) is 29.9 Å². The van der Waals surface area contributed by atoms with Gasteiger partial charge in [-0.15, -0.1) is 0 Å². The molecule has 0 atom stereocenters. The Morgan fingerprint density at radius 1 is 1.00 bits per heavy atom. The van der Waals surface area contributed by atoms with Crippen molar-refractivity contribution in [3.05, 3.63) is 29.3 Å². The number of rotatable bonds is 9. The van der Waals surface area contributed by atoms with E-state index in [1.54, 1.807) is 4.57 Å². The van der Waals surface area contributed by atoms with Gasteiger partial charge in [0.25, 0.3) is 5.56 Å². The fourth-order valence-corrected chi connectivity index (χ4v) is 3.07. The molecule has 0 aliphatic rings. The van der Waals surface area contributed by atoms with Gasteiger partial charge < -0.3 is 40.4 Å². The van der Waals surface area contributed by atoms with Crippen LogP contribution in [0.1, 0.15) is 0 Å². The first-order valence-corrected chi connectivity index (χ1v) is 11.4. The summed E-state index contributed by atoms with van der Waals surface area (Å²) in [6, 6.07) is 0. The molecule has 0 bridgehead atoms. The van der Waals surface area contributed by atoms with Crippen molar-refractivity contribution in [1.82, 2.24) is 39.0 Å². The number of hydrogen-bond donors (Lipinski definition) is 6. The number of aromatic nitrogens is 8. The maximum atomic E-state index is 11.4. The number of nitrogens with one attached hydrogen (secondary N) is 1. The molecule has 34 heavy (non-hydrogen) atoms. The number of nitrogens with zero attached hydrogens (tertiary/aromatic N) is 7. The molecule has 0 saturated heterocycles. The summed E-state index contributed by atoms with van der Waals surface area (Å²) >= 11 is 0. The molecular formula is C16H23N10O7P. The molecule has 0 aliphatic heterocycles. The smallest absolute Gasteiger partial charge is 0.350 e. The van der Waals surface area contributed by atoms with Gasteiger partial charge in [-0.1, -0.05) is 0 Å². The Bertz CT molecular complexity index is 1350. The topological polar surface area (TPSA) is 255 Å². The van der Waals surface area contributed by atoms with E-state index in [1.807, 2.05) is 0 Å². The third-order valence-corrected chi connectivity index (χ3v) is 4.64. The van der Waals surface area contributed by atoms with Crippen molar-refractivity contribution in [3.63, 3.8) is 0 Å². The van der Waals surface area contributed by atoms with Crippen LogP contribution >= 0.6 is 7.60 Å². The number of aliphatic hydroxyl groups excluding tert-OH is 1. The van der Waals surface area contributed by atoms with E-state index in [4.69, 9.17) is 35.8 Å². The van der Waals surface area contributed by atoms with Crippen LogP contribution in [-0.2, 0) is 27.3 Å². The van der Waals surface area contributed by atoms with Gasteiger partial charge in [0.05, 0.1) is 32.5 Å². The highest BCUT2D eigenvalue weighted by molar-refractivity contribution is 7.51. The zero-order valence-corrected chi connectivity index (χ0v) is 18.6. The van der Waals surface area contributed by atoms with Crippen molar-refractivity contribution < 1.29 is 28.9 Å². The highest BCUT2D eigenvalue weighted by atomic mass is 31.2. The second kappa shape index (κ2) is 11.1. The van der Waals surface area contributed by atoms with Gasteiger partial charge >= 0.3 is 7.60 Å². The first kappa shape index (κ1) is 25.2. The van der Waals surface area contributed by atoms with Crippen molar-refractivity contribution in [3.8, 4) is 0 Å². The Kier molecular flexibility index (Phi) is 8.21. The molecule has 0 amide bonds. The van der Waals surface area contributed by atoms with Crippen molar-refractivity contribution in [2.45, 2.75) is 13.3 Å². The standard InChI is InChI=1S/C8H12N5O4P.C8H11N5O3/c9-7-6-8(11-3-10-7)13(4-12-6)1-2-17-5-18(14,15)16;9-8-11-6-5(7(15)12-8)10-3-13(6)4-16-2-1-14/h3-4H,1-2,5H2,(H2,9,10,11)(H2,14,15,16);3,14H,1-2,4H2,(H3,9,11,12,15). The normalized spacial score (nSPS) is 11.6. The summed E-state index contributed by atoms with van der Waals surface area (Å²) < 4.78 is 23.7. The van der Waals surface area contributed by atoms with E-state index in [1.165, 1.54) is 23.5 Å². The van der Waals surface area contributed by atoms with E-state index >= 15 is 0 Å². The second-order valence-corrected chi connectivity index (χ2v) is 8.26. The molecule has 0 radical (unpaired) electrons. The predicted molar refractivity (Wildman–Crippen MR) is 118 cm³/mol. The van der Waals surface area contributed by atoms with E-state index in [-0.39, 0.29) is 49.4 Å². The molecule has 18 heteroatoms. The summed E-state index contributed by atoms with van der Waals surface area (Å²) in [4.78, 5) is 50.7. The third-order valence-electron chi connectivity index (χ3n) is 4.12. The molecule has 0 spiro atoms. The molecule has 4 aromatic heterocycles. The van der Waals surface area contributed by atoms with Crippen LogP contribution in [0.2, 0.25) is 0 Å². The lowest BCUT2D eigenvalue weighted by Crippen LogP contribution is -2.13. The van der Waals surface area contributed by atoms with Gasteiger partial charge in [0, 0.05) is 6.54 Å². The van der Waals surface area contributed by atoms with Crippen molar-refractivity contribution in [2.75, 3.05) is 37.6 Å². The minimum Gasteiger partial charge on any atom is -0.394 e. The lowest BCUT2D eigenvalue weighted by Gasteiger charge is -2.06. The molecule has 4 aromatic rings. The summed E-state index contributed by atoms with van der Waals surface area (Å²) in [6.07, 6.45) is 3.68. The number of nitrogen functional groups attached to an aromatic ring is 2. The van der Waals surface area contributed by atoms with Gasteiger partial charge in [0.2, 0.25) is 5.95 Å². The molecule has 0 aromatic carbocycles. The van der Waals surface area contributed by atoms with Crippen LogP contribution in [0.25, 0.3) is 22.3 Å². The van der Waals surface area contributed by atoms with Gasteiger partial charge in [-0.3, -0.25) is 18.9 Å². The SMILES string of the molecule is Nc1nc2c(ncn2COCCO)c(=O)[nH]1.Nc1ncnc2c1ncn2CCOCP(=O)(O)O. The number of fused-ring (bicyclic) bond motifs is 2. The summed E-state index contributed by atoms with van der Waals surface area (Å²) in [5.41, 5.74) is 12.3. The lowest BCUT2D eigenvalue weighted by molar-refractivity contribution is 0.0499. The minimum atomic E-state index is -4.12. The number of H-pyrrole nitrogens is 1. The average Bonchev–Trinajstić information content (AvgIpc) is 3.37. The van der Waals surface area contributed by atoms with E-state index < -0.39 is 13.9 Å². The Hall–Kier alpha value is -3.47. The molecule has 4 heterocycles. The number of aromatic amines is 1. The third kappa shape index (κ3) is 6.53. The van der Waals surface area contributed by atoms with Gasteiger partial charge in [-0.25, -0.2) is 19.9 Å². The quantitative estimate of drug-likeness (QED) is 0.110. The van der Waals surface area contributed by atoms with Gasteiger partial charge in [-0.05, 0) is 0 Å². The van der Waals surface area contributed by atoms with Crippen LogP contribution in [0.3, 0.4) is 0 Å². The maximum absolute atomic E-state index is 11.4. The Morgan fingerprint density at radius 3 is 2.47 bits per heavy atom. The van der Waals surface area contributed by atoms with E-state index in [9.17, 15) is 9.36 Å². The van der Waals surface area contributed by atoms with Crippen molar-refractivity contribution in [2.24, 2.45) is 0 Å². The van der Waals surface area contributed by atoms with Crippen LogP contribution in [0, 0.1) is 0 Å². The first-order valence-electron chi connectivity index (χ1n) is 9.62. The molecule has 4 rings (SSSR count). The lowest BCUT2D eigenvalue weighted by atomic mass is 10.5. The average molecular weight is 498 g/mol. The van der Waals surface area contributed by atoms with Crippen molar-refractivity contribution in [1.29, 1.82) is 0 Å². The van der Waals surface area contributed by atoms with Gasteiger partial charge in [0.1, 0.15) is 24.9 Å². The van der Waals surface area contributed by atoms with Gasteiger partial charge in [0.15, 0.2) is 22.6 Å². The molecule has 184 valence electrons. The molecule has 0 fully saturated rings. The predicted octanol–water partition coefficient (Wildman–Crippen LogP) is -1.77. The van der Waals surface area contributed by atoms with Crippen LogP contribution in [0.4, 0.5) is 11.8 Å². The largest absolute Gasteiger partial charge is 0.394 e. The fourth-order valence-electron chi connectivity index (χ4n) is 2.70. The number of hydrogen-bond acceptors (Lipinski definition) is 12. The highest BCUT2D eigenvalue weighted by Gasteiger charge is 2.13. The Morgan fingerprint density at radius 2 is 1.74 bits per heavy atom. The first-order chi connectivity index (χ1) is 16.2. The highest BCUT2D eigenvalue weighted by Crippen LogP contribution is 2.33. The van der Waals surface area contributed by atoms with E-state index in [0.29, 0.717) is 23.4 Å². The molecule has 0 saturated carbocycles. The Labute approximate surface area is 190 Å². The second-order valence-electron chi connectivity index (χ2n) is 6.67. The van der Waals surface area contributed by atoms with Crippen molar-refractivity contribution >= 4 is 41.7 Å². The fraction of sp³-hybridized carbons (Fsp3) is 0.375. The monoisotopic (exact) mass is 498 g/mol. The van der Waals surface area contributed by atoms with Crippen LogP contribution < -0.4 is 17.0 Å². The number of aliphatic hydroxyl groups is 1. The molecule has 0 unspecified atom stereocenters. The summed E-state index contributed by atoms with van der Waals surface area (Å²) in [7, 11) is -4.12. The Balaban J connectivity index is 0.000000192. The van der Waals surface area contributed by atoms with E-state index in [0.717, 1.165) is 0 Å².